The summed E-state index contributed by atoms with van der Waals surface area (Å²) in [7, 11) is 0. The molecule has 4 aromatic rings. The van der Waals surface area contributed by atoms with Crippen LogP contribution in [0.2, 0.25) is 0 Å². The minimum Gasteiger partial charge on any atom is -0.376 e. The van der Waals surface area contributed by atoms with Gasteiger partial charge in [0.25, 0.3) is 17.4 Å². The molecule has 38 heavy (non-hydrogen) atoms. The molecule has 0 aliphatic heterocycles. The van der Waals surface area contributed by atoms with E-state index in [-0.39, 0.29) is 23.8 Å². The summed E-state index contributed by atoms with van der Waals surface area (Å²) < 4.78 is 19.5. The zero-order valence-electron chi connectivity index (χ0n) is 20.6. The van der Waals surface area contributed by atoms with Gasteiger partial charge in [-0.15, -0.1) is 0 Å². The topological polar surface area (TPSA) is 169 Å². The number of ether oxygens (including phenoxy) is 1. The molecule has 0 aliphatic carbocycles. The van der Waals surface area contributed by atoms with Crippen molar-refractivity contribution in [1.82, 2.24) is 4.98 Å². The molecule has 0 saturated heterocycles. The first-order chi connectivity index (χ1) is 18.0. The minimum absolute atomic E-state index is 0.0368. The summed E-state index contributed by atoms with van der Waals surface area (Å²) in [4.78, 5) is 52.1. The molecule has 1 heterocycles. The highest BCUT2D eigenvalue weighted by Gasteiger charge is 2.21. The highest BCUT2D eigenvalue weighted by molar-refractivity contribution is 6.13. The molecule has 10 nitrogen and oxygen atoms in total. The molecule has 0 fully saturated rings. The van der Waals surface area contributed by atoms with Crippen molar-refractivity contribution < 1.29 is 23.5 Å². The summed E-state index contributed by atoms with van der Waals surface area (Å²) in [6, 6.07) is 12.4. The number of carbonyl (C=O) groups excluding carboxylic acids is 3. The van der Waals surface area contributed by atoms with Crippen molar-refractivity contribution >= 4 is 50.8 Å². The van der Waals surface area contributed by atoms with Gasteiger partial charge in [0, 0.05) is 22.1 Å². The van der Waals surface area contributed by atoms with Crippen LogP contribution in [0.3, 0.4) is 0 Å². The van der Waals surface area contributed by atoms with Crippen LogP contribution in [0.4, 0.5) is 15.8 Å². The Kier molecular flexibility index (Phi) is 7.40. The molecule has 3 amide bonds. The van der Waals surface area contributed by atoms with Crippen LogP contribution >= 0.6 is 0 Å². The van der Waals surface area contributed by atoms with Crippen molar-refractivity contribution in [2.75, 3.05) is 17.2 Å². The van der Waals surface area contributed by atoms with Crippen LogP contribution in [-0.2, 0) is 9.53 Å². The van der Waals surface area contributed by atoms with Gasteiger partial charge in [0.2, 0.25) is 5.91 Å². The lowest BCUT2D eigenvalue weighted by atomic mass is 10.0. The molecular weight excluding hydrogens is 493 g/mol. The highest BCUT2D eigenvalue weighted by Crippen LogP contribution is 2.26. The average Bonchev–Trinajstić information content (AvgIpc) is 2.86. The number of carbonyl (C=O) groups is 3. The normalized spacial score (nSPS) is 12.0. The number of hydrogen-bond acceptors (Lipinski definition) is 6. The minimum atomic E-state index is -0.941. The Balaban J connectivity index is 1.68. The number of para-hydroxylation sites is 1. The number of aromatic amines is 1. The Morgan fingerprint density at radius 1 is 0.921 bits per heavy atom. The van der Waals surface area contributed by atoms with Crippen LogP contribution in [0.5, 0.6) is 0 Å². The maximum absolute atomic E-state index is 13.9. The van der Waals surface area contributed by atoms with E-state index in [1.54, 1.807) is 30.3 Å². The van der Waals surface area contributed by atoms with Crippen molar-refractivity contribution in [3.05, 3.63) is 81.9 Å². The molecule has 196 valence electrons. The first-order valence-electron chi connectivity index (χ1n) is 11.7. The molecule has 3 aromatic carbocycles. The summed E-state index contributed by atoms with van der Waals surface area (Å²) in [6.07, 6.45) is -0.181. The number of anilines is 2. The zero-order valence-corrected chi connectivity index (χ0v) is 20.6. The van der Waals surface area contributed by atoms with E-state index in [0.29, 0.717) is 33.1 Å². The predicted molar refractivity (Wildman–Crippen MR) is 143 cm³/mol. The lowest BCUT2D eigenvalue weighted by Gasteiger charge is -2.21. The Labute approximate surface area is 216 Å². The second-order valence-corrected chi connectivity index (χ2v) is 8.93. The fourth-order valence-corrected chi connectivity index (χ4v) is 4.05. The highest BCUT2D eigenvalue weighted by atomic mass is 19.1. The quantitative estimate of drug-likeness (QED) is 0.213. The molecule has 1 atom stereocenters. The number of primary amides is 2. The molecule has 1 unspecified atom stereocenters. The number of nitrogens with one attached hydrogen (secondary N) is 3. The van der Waals surface area contributed by atoms with E-state index in [4.69, 9.17) is 16.2 Å². The van der Waals surface area contributed by atoms with Gasteiger partial charge in [-0.2, -0.15) is 0 Å². The Morgan fingerprint density at radius 3 is 2.32 bits per heavy atom. The predicted octanol–water partition coefficient (Wildman–Crippen LogP) is 2.86. The number of benzene rings is 3. The molecule has 0 aliphatic rings. The molecule has 0 radical (unpaired) electrons. The SMILES string of the molecule is CC(C)OCC(Nc1ccc(F)c(C(N)=O)c1)C(=O)Nc1ccc2c(=O)[nH]c3c(C(N)=O)cccc3c2c1. The third kappa shape index (κ3) is 5.47. The van der Waals surface area contributed by atoms with Gasteiger partial charge >= 0.3 is 0 Å². The largest absolute Gasteiger partial charge is 0.376 e. The van der Waals surface area contributed by atoms with E-state index in [9.17, 15) is 23.6 Å². The fraction of sp³-hybridized carbons (Fsp3) is 0.185. The third-order valence-corrected chi connectivity index (χ3v) is 5.88. The Bertz CT molecular complexity index is 1630. The fourth-order valence-electron chi connectivity index (χ4n) is 4.05. The Hall–Kier alpha value is -4.77. The number of aromatic nitrogens is 1. The van der Waals surface area contributed by atoms with E-state index in [2.05, 4.69) is 15.6 Å². The number of H-pyrrole nitrogens is 1. The molecule has 0 bridgehead atoms. The van der Waals surface area contributed by atoms with Crippen LogP contribution in [0.1, 0.15) is 34.6 Å². The number of hydrogen-bond donors (Lipinski definition) is 5. The van der Waals surface area contributed by atoms with Gasteiger partial charge in [0.05, 0.1) is 29.4 Å². The van der Waals surface area contributed by atoms with Gasteiger partial charge < -0.3 is 31.8 Å². The van der Waals surface area contributed by atoms with Crippen LogP contribution < -0.4 is 27.7 Å². The maximum Gasteiger partial charge on any atom is 0.256 e. The molecule has 11 heteroatoms. The van der Waals surface area contributed by atoms with E-state index in [1.807, 2.05) is 13.8 Å². The van der Waals surface area contributed by atoms with Crippen LogP contribution in [0, 0.1) is 5.82 Å². The lowest BCUT2D eigenvalue weighted by molar-refractivity contribution is -0.118. The van der Waals surface area contributed by atoms with E-state index in [1.165, 1.54) is 18.2 Å². The summed E-state index contributed by atoms with van der Waals surface area (Å²) in [5.41, 5.74) is 11.1. The van der Waals surface area contributed by atoms with Gasteiger partial charge in [-0.25, -0.2) is 4.39 Å². The first kappa shape index (κ1) is 26.3. The van der Waals surface area contributed by atoms with Crippen LogP contribution in [0.15, 0.2) is 59.4 Å². The van der Waals surface area contributed by atoms with E-state index >= 15 is 0 Å². The maximum atomic E-state index is 13.9. The molecule has 0 spiro atoms. The lowest BCUT2D eigenvalue weighted by Crippen LogP contribution is -2.39. The molecular formula is C27H26FN5O5. The third-order valence-electron chi connectivity index (χ3n) is 5.88. The molecule has 1 aromatic heterocycles. The summed E-state index contributed by atoms with van der Waals surface area (Å²) >= 11 is 0. The molecule has 4 rings (SSSR count). The number of fused-ring (bicyclic) bond motifs is 3. The van der Waals surface area contributed by atoms with Crippen molar-refractivity contribution in [2.45, 2.75) is 26.0 Å². The van der Waals surface area contributed by atoms with Crippen LogP contribution in [0.25, 0.3) is 21.7 Å². The summed E-state index contributed by atoms with van der Waals surface area (Å²) in [6.45, 7) is 3.58. The summed E-state index contributed by atoms with van der Waals surface area (Å²) in [5.74, 6) is -2.89. The van der Waals surface area contributed by atoms with Crippen molar-refractivity contribution in [2.24, 2.45) is 11.5 Å². The standard InChI is InChI=1S/C27H26FN5O5/c1-13(2)38-12-22(31-14-7-9-21(28)20(11-14)25(30)35)27(37)32-15-6-8-17-19(10-15)16-4-3-5-18(24(29)34)23(16)33-26(17)36/h3-11,13,22,31H,12H2,1-2H3,(H2,29,34)(H2,30,35)(H,32,37)(H,33,36). The second-order valence-electron chi connectivity index (χ2n) is 8.93. The number of amides is 3. The second kappa shape index (κ2) is 10.7. The number of halogens is 1. The average molecular weight is 520 g/mol. The first-order valence-corrected chi connectivity index (χ1v) is 11.7. The van der Waals surface area contributed by atoms with E-state index in [0.717, 1.165) is 6.07 Å². The van der Waals surface area contributed by atoms with Gasteiger partial charge in [0.1, 0.15) is 11.9 Å². The monoisotopic (exact) mass is 519 g/mol. The van der Waals surface area contributed by atoms with Crippen molar-refractivity contribution in [1.29, 1.82) is 0 Å². The van der Waals surface area contributed by atoms with Crippen molar-refractivity contribution in [3.63, 3.8) is 0 Å². The van der Waals surface area contributed by atoms with Gasteiger partial charge in [-0.3, -0.25) is 19.2 Å². The smallest absolute Gasteiger partial charge is 0.256 e. The zero-order chi connectivity index (χ0) is 27.6. The van der Waals surface area contributed by atoms with E-state index < -0.39 is 35.1 Å². The number of pyridine rings is 1. The number of rotatable bonds is 9. The van der Waals surface area contributed by atoms with Crippen molar-refractivity contribution in [3.8, 4) is 0 Å². The molecule has 0 saturated carbocycles. The van der Waals surface area contributed by atoms with Gasteiger partial charge in [-0.05, 0) is 61.7 Å². The Morgan fingerprint density at radius 2 is 1.63 bits per heavy atom. The van der Waals surface area contributed by atoms with Gasteiger partial charge in [-0.1, -0.05) is 12.1 Å². The number of nitrogens with two attached hydrogens (primary N) is 2. The molecule has 7 N–H and O–H groups in total. The summed E-state index contributed by atoms with van der Waals surface area (Å²) in [5, 5.41) is 7.20. The van der Waals surface area contributed by atoms with Gasteiger partial charge in [0.15, 0.2) is 0 Å². The van der Waals surface area contributed by atoms with Crippen LogP contribution in [-0.4, -0.2) is 41.5 Å².